The molecular formula is C24H34O8S. The zero-order valence-corrected chi connectivity index (χ0v) is 20.1. The summed E-state index contributed by atoms with van der Waals surface area (Å²) in [5.74, 6) is -2.20. The fourth-order valence-electron chi connectivity index (χ4n) is 4.25. The lowest BCUT2D eigenvalue weighted by molar-refractivity contribution is -0.182. The van der Waals surface area contributed by atoms with Gasteiger partial charge < -0.3 is 29.5 Å². The molecule has 1 aliphatic carbocycles. The largest absolute Gasteiger partial charge is 0.464 e. The van der Waals surface area contributed by atoms with Crippen LogP contribution in [0.25, 0.3) is 0 Å². The van der Waals surface area contributed by atoms with Gasteiger partial charge in [-0.1, -0.05) is 36.9 Å². The van der Waals surface area contributed by atoms with Crippen LogP contribution >= 0.6 is 11.8 Å². The van der Waals surface area contributed by atoms with E-state index in [0.29, 0.717) is 19.3 Å². The van der Waals surface area contributed by atoms with E-state index in [0.717, 1.165) is 16.7 Å². The molecule has 0 aromatic heterocycles. The molecule has 2 aliphatic rings. The van der Waals surface area contributed by atoms with Crippen LogP contribution in [-0.4, -0.2) is 68.8 Å². The van der Waals surface area contributed by atoms with Gasteiger partial charge in [0.15, 0.2) is 16.5 Å². The Kier molecular flexibility index (Phi) is 8.58. The molecule has 0 bridgehead atoms. The van der Waals surface area contributed by atoms with Crippen LogP contribution < -0.4 is 0 Å². The van der Waals surface area contributed by atoms with E-state index in [1.54, 1.807) is 20.8 Å². The number of esters is 1. The van der Waals surface area contributed by atoms with Gasteiger partial charge in [0.25, 0.3) is 0 Å². The second-order valence-corrected chi connectivity index (χ2v) is 10.4. The van der Waals surface area contributed by atoms with Crippen molar-refractivity contribution in [3.05, 3.63) is 30.3 Å². The number of unbranched alkanes of at least 4 members (excludes halogenated alkanes) is 1. The number of hydrogen-bond donors (Lipinski definition) is 3. The van der Waals surface area contributed by atoms with Gasteiger partial charge in [0, 0.05) is 17.7 Å². The van der Waals surface area contributed by atoms with E-state index in [1.807, 2.05) is 30.3 Å². The van der Waals surface area contributed by atoms with Crippen molar-refractivity contribution >= 4 is 22.8 Å². The van der Waals surface area contributed by atoms with Crippen molar-refractivity contribution in [2.75, 3.05) is 6.61 Å². The summed E-state index contributed by atoms with van der Waals surface area (Å²) in [6.07, 6.45) is -1.76. The fourth-order valence-corrected chi connectivity index (χ4v) is 5.12. The molecule has 33 heavy (non-hydrogen) atoms. The molecule has 9 heteroatoms. The third kappa shape index (κ3) is 6.77. The highest BCUT2D eigenvalue weighted by molar-refractivity contribution is 8.13. The summed E-state index contributed by atoms with van der Waals surface area (Å²) in [4.78, 5) is 25.7. The van der Waals surface area contributed by atoms with Crippen molar-refractivity contribution in [2.24, 2.45) is 5.92 Å². The fraction of sp³-hybridized carbons (Fsp3) is 0.667. The molecule has 0 amide bonds. The van der Waals surface area contributed by atoms with E-state index in [1.165, 1.54) is 0 Å². The number of rotatable bonds is 9. The smallest absolute Gasteiger partial charge is 0.338 e. The Morgan fingerprint density at radius 3 is 2.58 bits per heavy atom. The second-order valence-electron chi connectivity index (χ2n) is 9.37. The number of aliphatic hydroxyl groups excluding tert-OH is 2. The molecule has 184 valence electrons. The third-order valence-corrected chi connectivity index (χ3v) is 7.19. The highest BCUT2D eigenvalue weighted by Gasteiger charge is 2.56. The Labute approximate surface area is 198 Å². The second kappa shape index (κ2) is 10.8. The monoisotopic (exact) mass is 482 g/mol. The van der Waals surface area contributed by atoms with Crippen molar-refractivity contribution in [3.63, 3.8) is 0 Å². The van der Waals surface area contributed by atoms with Crippen LogP contribution in [0.1, 0.15) is 52.9 Å². The van der Waals surface area contributed by atoms with Crippen LogP contribution in [-0.2, 0) is 23.8 Å². The number of benzene rings is 1. The Morgan fingerprint density at radius 1 is 1.18 bits per heavy atom. The molecule has 1 heterocycles. The van der Waals surface area contributed by atoms with E-state index >= 15 is 0 Å². The van der Waals surface area contributed by atoms with E-state index in [4.69, 9.17) is 14.2 Å². The quantitative estimate of drug-likeness (QED) is 0.277. The Hall–Kier alpha value is -1.49. The zero-order valence-electron chi connectivity index (χ0n) is 19.3. The number of ether oxygens (including phenoxy) is 3. The third-order valence-electron chi connectivity index (χ3n) is 6.10. The number of thioether (sulfide) groups is 1. The van der Waals surface area contributed by atoms with Gasteiger partial charge in [-0.3, -0.25) is 4.79 Å². The summed E-state index contributed by atoms with van der Waals surface area (Å²) >= 11 is 1.11. The standard InChI is InChI=1S/C24H34O8S/c1-15(21(27)33-16-9-5-4-6-10-16)17(25)11-7-8-12-30-22(28)24(29)13-18(26)20-19(14-24)31-23(2,3)32-20/h4-6,9-10,15,17-20,25-26,29H,7-8,11-14H2,1-3H3/t15-,17+,18+,19+,20-,24+/m0/s1. The Morgan fingerprint density at radius 2 is 1.88 bits per heavy atom. The Bertz CT molecular complexity index is 816. The molecule has 0 spiro atoms. The minimum atomic E-state index is -1.83. The molecule has 1 saturated heterocycles. The summed E-state index contributed by atoms with van der Waals surface area (Å²) in [5, 5.41) is 31.3. The van der Waals surface area contributed by atoms with E-state index in [2.05, 4.69) is 0 Å². The Balaban J connectivity index is 1.37. The van der Waals surface area contributed by atoms with Crippen molar-refractivity contribution in [2.45, 2.75) is 93.6 Å². The first kappa shape index (κ1) is 26.1. The molecule has 2 fully saturated rings. The van der Waals surface area contributed by atoms with Crippen LogP contribution in [0.3, 0.4) is 0 Å². The maximum atomic E-state index is 12.5. The van der Waals surface area contributed by atoms with Crippen molar-refractivity contribution in [1.29, 1.82) is 0 Å². The minimum absolute atomic E-state index is 0.00554. The lowest BCUT2D eigenvalue weighted by Crippen LogP contribution is -2.55. The van der Waals surface area contributed by atoms with E-state index < -0.39 is 47.7 Å². The molecule has 3 N–H and O–H groups in total. The van der Waals surface area contributed by atoms with Gasteiger partial charge in [-0.15, -0.1) is 0 Å². The first-order chi connectivity index (χ1) is 15.5. The van der Waals surface area contributed by atoms with Crippen molar-refractivity contribution in [3.8, 4) is 0 Å². The summed E-state index contributed by atoms with van der Waals surface area (Å²) in [5.41, 5.74) is -1.83. The molecule has 0 unspecified atom stereocenters. The SMILES string of the molecule is C[C@H](C(=O)Sc1ccccc1)[C@H](O)CCCCOC(=O)[C@@]1(O)C[C@@H](O)[C@@H]2OC(C)(C)O[C@@H]2C1. The van der Waals surface area contributed by atoms with E-state index in [-0.39, 0.29) is 24.6 Å². The van der Waals surface area contributed by atoms with Crippen LogP contribution in [0, 0.1) is 5.92 Å². The number of aliphatic hydroxyl groups is 3. The summed E-state index contributed by atoms with van der Waals surface area (Å²) in [6.45, 7) is 5.22. The summed E-state index contributed by atoms with van der Waals surface area (Å²) in [6, 6.07) is 9.29. The van der Waals surface area contributed by atoms with Crippen molar-refractivity contribution in [1.82, 2.24) is 0 Å². The van der Waals surface area contributed by atoms with Gasteiger partial charge in [-0.2, -0.15) is 0 Å². The molecule has 1 aromatic rings. The maximum Gasteiger partial charge on any atom is 0.338 e. The van der Waals surface area contributed by atoms with Crippen LogP contribution in [0.4, 0.5) is 0 Å². The van der Waals surface area contributed by atoms with Crippen LogP contribution in [0.15, 0.2) is 35.2 Å². The van der Waals surface area contributed by atoms with Gasteiger partial charge >= 0.3 is 5.97 Å². The molecule has 8 nitrogen and oxygen atoms in total. The normalized spacial score (nSPS) is 30.3. The molecule has 3 rings (SSSR count). The van der Waals surface area contributed by atoms with E-state index in [9.17, 15) is 24.9 Å². The molecule has 6 atom stereocenters. The molecule has 1 saturated carbocycles. The first-order valence-corrected chi connectivity index (χ1v) is 12.2. The predicted octanol–water partition coefficient (Wildman–Crippen LogP) is 2.42. The van der Waals surface area contributed by atoms with Crippen LogP contribution in [0.2, 0.25) is 0 Å². The predicted molar refractivity (Wildman–Crippen MR) is 121 cm³/mol. The number of fused-ring (bicyclic) bond motifs is 1. The summed E-state index contributed by atoms with van der Waals surface area (Å²) < 4.78 is 16.6. The van der Waals surface area contributed by atoms with Gasteiger partial charge in [0.2, 0.25) is 0 Å². The van der Waals surface area contributed by atoms with Gasteiger partial charge in [0.05, 0.1) is 30.8 Å². The summed E-state index contributed by atoms with van der Waals surface area (Å²) in [7, 11) is 0. The number of hydrogen-bond acceptors (Lipinski definition) is 9. The average Bonchev–Trinajstić information content (AvgIpc) is 3.07. The topological polar surface area (TPSA) is 123 Å². The van der Waals surface area contributed by atoms with Crippen molar-refractivity contribution < 1.29 is 39.1 Å². The van der Waals surface area contributed by atoms with Gasteiger partial charge in [-0.05, 0) is 45.2 Å². The zero-order chi connectivity index (χ0) is 24.2. The highest BCUT2D eigenvalue weighted by atomic mass is 32.2. The lowest BCUT2D eigenvalue weighted by Gasteiger charge is -2.37. The van der Waals surface area contributed by atoms with Gasteiger partial charge in [-0.25, -0.2) is 4.79 Å². The molecule has 1 aromatic carbocycles. The minimum Gasteiger partial charge on any atom is -0.464 e. The lowest BCUT2D eigenvalue weighted by atomic mass is 9.80. The van der Waals surface area contributed by atoms with Crippen LogP contribution in [0.5, 0.6) is 0 Å². The number of carbonyl (C=O) groups excluding carboxylic acids is 2. The number of carbonyl (C=O) groups is 2. The molecular weight excluding hydrogens is 448 g/mol. The average molecular weight is 483 g/mol. The molecule has 1 aliphatic heterocycles. The van der Waals surface area contributed by atoms with Gasteiger partial charge in [0.1, 0.15) is 6.10 Å². The highest BCUT2D eigenvalue weighted by Crippen LogP contribution is 2.41. The first-order valence-electron chi connectivity index (χ1n) is 11.4. The maximum absolute atomic E-state index is 12.5. The molecule has 0 radical (unpaired) electrons.